The van der Waals surface area contributed by atoms with E-state index < -0.39 is 0 Å². The van der Waals surface area contributed by atoms with E-state index in [-0.39, 0.29) is 6.04 Å². The highest BCUT2D eigenvalue weighted by Gasteiger charge is 2.15. The number of hydrazine groups is 1. The van der Waals surface area contributed by atoms with E-state index in [4.69, 9.17) is 10.6 Å². The van der Waals surface area contributed by atoms with Crippen molar-refractivity contribution in [1.29, 1.82) is 0 Å². The molecule has 3 N–H and O–H groups in total. The van der Waals surface area contributed by atoms with Crippen molar-refractivity contribution >= 4 is 15.9 Å². The molecule has 2 rings (SSSR count). The van der Waals surface area contributed by atoms with E-state index in [0.29, 0.717) is 0 Å². The third-order valence-corrected chi connectivity index (χ3v) is 3.35. The van der Waals surface area contributed by atoms with E-state index >= 15 is 0 Å². The molecule has 0 aliphatic heterocycles. The molecule has 5 heteroatoms. The molecule has 0 fully saturated rings. The molecule has 0 saturated carbocycles. The Balaban J connectivity index is 2.25. The van der Waals surface area contributed by atoms with Gasteiger partial charge in [0.2, 0.25) is 0 Å². The first kappa shape index (κ1) is 14.0. The van der Waals surface area contributed by atoms with Crippen LogP contribution in [0.25, 0.3) is 0 Å². The Morgan fingerprint density at radius 3 is 2.84 bits per heavy atom. The lowest BCUT2D eigenvalue weighted by atomic mass is 9.99. The normalized spacial score (nSPS) is 12.2. The number of benzene rings is 1. The van der Waals surface area contributed by atoms with Gasteiger partial charge in [-0.2, -0.15) is 0 Å². The summed E-state index contributed by atoms with van der Waals surface area (Å²) in [5, 5.41) is 0. The maximum atomic E-state index is 5.68. The van der Waals surface area contributed by atoms with Crippen molar-refractivity contribution in [3.8, 4) is 5.75 Å². The first-order valence-corrected chi connectivity index (χ1v) is 6.72. The van der Waals surface area contributed by atoms with Gasteiger partial charge in [-0.15, -0.1) is 0 Å². The summed E-state index contributed by atoms with van der Waals surface area (Å²) in [4.78, 5) is 4.16. The molecule has 1 aromatic heterocycles. The lowest BCUT2D eigenvalue weighted by Crippen LogP contribution is -2.29. The molecule has 0 saturated heterocycles. The van der Waals surface area contributed by atoms with E-state index in [1.165, 1.54) is 0 Å². The molecule has 1 unspecified atom stereocenters. The summed E-state index contributed by atoms with van der Waals surface area (Å²) < 4.78 is 6.33. The Morgan fingerprint density at radius 2 is 2.16 bits per heavy atom. The zero-order valence-electron chi connectivity index (χ0n) is 10.6. The van der Waals surface area contributed by atoms with Crippen LogP contribution in [0.3, 0.4) is 0 Å². The number of rotatable bonds is 5. The van der Waals surface area contributed by atoms with Gasteiger partial charge in [-0.3, -0.25) is 16.3 Å². The fraction of sp³-hybridized carbons (Fsp3) is 0.214. The van der Waals surface area contributed by atoms with E-state index in [9.17, 15) is 0 Å². The second kappa shape index (κ2) is 6.65. The highest BCUT2D eigenvalue weighted by atomic mass is 79.9. The van der Waals surface area contributed by atoms with Crippen molar-refractivity contribution in [2.24, 2.45) is 5.84 Å². The Labute approximate surface area is 121 Å². The van der Waals surface area contributed by atoms with Crippen LogP contribution in [-0.2, 0) is 6.42 Å². The fourth-order valence-corrected chi connectivity index (χ4v) is 2.43. The number of ether oxygens (including phenoxy) is 1. The van der Waals surface area contributed by atoms with Crippen LogP contribution in [0, 0.1) is 0 Å². The predicted octanol–water partition coefficient (Wildman–Crippen LogP) is 2.60. The Bertz CT molecular complexity index is 548. The maximum absolute atomic E-state index is 5.68. The number of hydrogen-bond donors (Lipinski definition) is 2. The fourth-order valence-electron chi connectivity index (χ4n) is 2.02. The van der Waals surface area contributed by atoms with Crippen LogP contribution in [-0.4, -0.2) is 12.1 Å². The van der Waals surface area contributed by atoms with Gasteiger partial charge in [-0.05, 0) is 40.0 Å². The number of halogens is 1. The van der Waals surface area contributed by atoms with Crippen LogP contribution in [0.4, 0.5) is 0 Å². The summed E-state index contributed by atoms with van der Waals surface area (Å²) in [5.74, 6) is 6.50. The Morgan fingerprint density at radius 1 is 1.37 bits per heavy atom. The molecule has 2 aromatic rings. The largest absolute Gasteiger partial charge is 0.496 e. The summed E-state index contributed by atoms with van der Waals surface area (Å²) in [6.45, 7) is 0. The highest BCUT2D eigenvalue weighted by Crippen LogP contribution is 2.27. The van der Waals surface area contributed by atoms with Crippen LogP contribution in [0.5, 0.6) is 5.75 Å². The van der Waals surface area contributed by atoms with Crippen molar-refractivity contribution in [1.82, 2.24) is 10.4 Å². The number of hydrogen-bond acceptors (Lipinski definition) is 4. The third-order valence-electron chi connectivity index (χ3n) is 2.92. The van der Waals surface area contributed by atoms with Gasteiger partial charge < -0.3 is 4.74 Å². The highest BCUT2D eigenvalue weighted by molar-refractivity contribution is 9.10. The van der Waals surface area contributed by atoms with Crippen molar-refractivity contribution < 1.29 is 4.74 Å². The topological polar surface area (TPSA) is 60.2 Å². The summed E-state index contributed by atoms with van der Waals surface area (Å²) in [5.41, 5.74) is 4.97. The summed E-state index contributed by atoms with van der Waals surface area (Å²) in [7, 11) is 1.66. The third kappa shape index (κ3) is 3.53. The van der Waals surface area contributed by atoms with Gasteiger partial charge in [0.25, 0.3) is 0 Å². The molecular weight excluding hydrogens is 306 g/mol. The number of nitrogens with one attached hydrogen (secondary N) is 1. The number of methoxy groups -OCH3 is 1. The Kier molecular flexibility index (Phi) is 4.90. The standard InChI is InChI=1S/C14H16BrN3O/c1-19-14-5-3-2-4-12(14)13(18-16)7-10-6-11(15)9-17-8-10/h2-6,8-9,13,18H,7,16H2,1H3. The van der Waals surface area contributed by atoms with E-state index in [1.807, 2.05) is 36.5 Å². The van der Waals surface area contributed by atoms with Gasteiger partial charge in [0, 0.05) is 22.4 Å². The molecule has 4 nitrogen and oxygen atoms in total. The molecule has 0 bridgehead atoms. The quantitative estimate of drug-likeness (QED) is 0.656. The Hall–Kier alpha value is -1.43. The second-order valence-electron chi connectivity index (χ2n) is 4.18. The summed E-state index contributed by atoms with van der Waals surface area (Å²) in [6, 6.07) is 9.87. The first-order chi connectivity index (χ1) is 9.24. The molecule has 1 atom stereocenters. The second-order valence-corrected chi connectivity index (χ2v) is 5.09. The molecule has 0 aliphatic carbocycles. The minimum atomic E-state index is -0.0211. The van der Waals surface area contributed by atoms with Crippen LogP contribution in [0.15, 0.2) is 47.2 Å². The number of aromatic nitrogens is 1. The lowest BCUT2D eigenvalue weighted by molar-refractivity contribution is 0.399. The van der Waals surface area contributed by atoms with Crippen LogP contribution in [0.1, 0.15) is 17.2 Å². The van der Waals surface area contributed by atoms with E-state index in [0.717, 1.165) is 27.8 Å². The van der Waals surface area contributed by atoms with Crippen molar-refractivity contribution in [2.75, 3.05) is 7.11 Å². The van der Waals surface area contributed by atoms with Gasteiger partial charge >= 0.3 is 0 Å². The SMILES string of the molecule is COc1ccccc1C(Cc1cncc(Br)c1)NN. The van der Waals surface area contributed by atoms with Crippen molar-refractivity contribution in [3.63, 3.8) is 0 Å². The van der Waals surface area contributed by atoms with Gasteiger partial charge in [0.15, 0.2) is 0 Å². The van der Waals surface area contributed by atoms with Gasteiger partial charge in [0.05, 0.1) is 13.2 Å². The van der Waals surface area contributed by atoms with Crippen LogP contribution >= 0.6 is 15.9 Å². The molecule has 1 aromatic carbocycles. The maximum Gasteiger partial charge on any atom is 0.123 e. The monoisotopic (exact) mass is 321 g/mol. The minimum absolute atomic E-state index is 0.0211. The van der Waals surface area contributed by atoms with Crippen LogP contribution in [0.2, 0.25) is 0 Å². The molecule has 0 aliphatic rings. The first-order valence-electron chi connectivity index (χ1n) is 5.93. The molecular formula is C14H16BrN3O. The lowest BCUT2D eigenvalue weighted by Gasteiger charge is -2.19. The van der Waals surface area contributed by atoms with E-state index in [2.05, 4.69) is 26.3 Å². The van der Waals surface area contributed by atoms with Gasteiger partial charge in [-0.1, -0.05) is 18.2 Å². The molecule has 100 valence electrons. The molecule has 1 heterocycles. The average molecular weight is 322 g/mol. The number of nitrogens with zero attached hydrogens (tertiary/aromatic N) is 1. The number of nitrogens with two attached hydrogens (primary N) is 1. The number of pyridine rings is 1. The smallest absolute Gasteiger partial charge is 0.123 e. The van der Waals surface area contributed by atoms with Crippen LogP contribution < -0.4 is 16.0 Å². The minimum Gasteiger partial charge on any atom is -0.496 e. The van der Waals surface area contributed by atoms with Gasteiger partial charge in [0.1, 0.15) is 5.75 Å². The number of para-hydroxylation sites is 1. The summed E-state index contributed by atoms with van der Waals surface area (Å²) in [6.07, 6.45) is 4.34. The van der Waals surface area contributed by atoms with Crippen molar-refractivity contribution in [3.05, 3.63) is 58.3 Å². The zero-order valence-corrected chi connectivity index (χ0v) is 12.2. The molecule has 0 radical (unpaired) electrons. The van der Waals surface area contributed by atoms with E-state index in [1.54, 1.807) is 13.3 Å². The molecule has 0 amide bonds. The van der Waals surface area contributed by atoms with Gasteiger partial charge in [-0.25, -0.2) is 0 Å². The average Bonchev–Trinajstić information content (AvgIpc) is 2.45. The van der Waals surface area contributed by atoms with Crippen molar-refractivity contribution in [2.45, 2.75) is 12.5 Å². The predicted molar refractivity (Wildman–Crippen MR) is 78.7 cm³/mol. The molecule has 19 heavy (non-hydrogen) atoms. The zero-order chi connectivity index (χ0) is 13.7. The molecule has 0 spiro atoms. The summed E-state index contributed by atoms with van der Waals surface area (Å²) >= 11 is 3.42.